The Morgan fingerprint density at radius 3 is 2.65 bits per heavy atom. The number of ether oxygens (including phenoxy) is 1. The van der Waals surface area contributed by atoms with Crippen molar-refractivity contribution in [3.63, 3.8) is 0 Å². The standard InChI is InChI=1S/C13H15FN4O4S/c1-8-12(9(2)22-17-8)23(19,20)18-4-3-11(7-18)21-13-15-5-10(14)6-16-13/h5-6,11H,3-4,7H2,1-2H3/t11-/m1/s1. The lowest BCUT2D eigenvalue weighted by Gasteiger charge is -2.16. The van der Waals surface area contributed by atoms with Crippen molar-refractivity contribution in [2.75, 3.05) is 13.1 Å². The maximum atomic E-state index is 12.8. The maximum Gasteiger partial charge on any atom is 0.316 e. The van der Waals surface area contributed by atoms with Crippen molar-refractivity contribution in [2.45, 2.75) is 31.3 Å². The van der Waals surface area contributed by atoms with Gasteiger partial charge in [0.25, 0.3) is 0 Å². The predicted molar refractivity (Wildman–Crippen MR) is 75.8 cm³/mol. The Morgan fingerprint density at radius 1 is 1.35 bits per heavy atom. The first-order valence-electron chi connectivity index (χ1n) is 6.95. The van der Waals surface area contributed by atoms with Crippen LogP contribution in [0.25, 0.3) is 0 Å². The second-order valence-corrected chi connectivity index (χ2v) is 7.10. The lowest BCUT2D eigenvalue weighted by Crippen LogP contribution is -2.31. The van der Waals surface area contributed by atoms with Crippen LogP contribution in [0.2, 0.25) is 0 Å². The largest absolute Gasteiger partial charge is 0.459 e. The summed E-state index contributed by atoms with van der Waals surface area (Å²) in [5.41, 5.74) is 0.328. The number of rotatable bonds is 4. The molecule has 124 valence electrons. The molecule has 1 aliphatic rings. The molecular formula is C13H15FN4O4S. The van der Waals surface area contributed by atoms with Crippen LogP contribution in [0.3, 0.4) is 0 Å². The van der Waals surface area contributed by atoms with E-state index in [0.717, 1.165) is 12.4 Å². The number of hydrogen-bond acceptors (Lipinski definition) is 7. The number of nitrogens with zero attached hydrogens (tertiary/aromatic N) is 4. The molecule has 0 saturated carbocycles. The molecule has 1 fully saturated rings. The summed E-state index contributed by atoms with van der Waals surface area (Å²) in [7, 11) is -3.69. The monoisotopic (exact) mass is 342 g/mol. The van der Waals surface area contributed by atoms with Crippen molar-refractivity contribution < 1.29 is 22.1 Å². The smallest absolute Gasteiger partial charge is 0.316 e. The highest BCUT2D eigenvalue weighted by atomic mass is 32.2. The van der Waals surface area contributed by atoms with E-state index < -0.39 is 21.9 Å². The van der Waals surface area contributed by atoms with Crippen LogP contribution in [0.1, 0.15) is 17.9 Å². The molecule has 3 rings (SSSR count). The number of aryl methyl sites for hydroxylation is 2. The van der Waals surface area contributed by atoms with Crippen molar-refractivity contribution in [2.24, 2.45) is 0 Å². The highest BCUT2D eigenvalue weighted by Gasteiger charge is 2.37. The summed E-state index contributed by atoms with van der Waals surface area (Å²) < 4.78 is 49.9. The Hall–Kier alpha value is -2.07. The second-order valence-electron chi connectivity index (χ2n) is 5.23. The minimum atomic E-state index is -3.69. The minimum Gasteiger partial charge on any atom is -0.459 e. The molecule has 0 aliphatic carbocycles. The quantitative estimate of drug-likeness (QED) is 0.819. The van der Waals surface area contributed by atoms with E-state index in [4.69, 9.17) is 9.26 Å². The van der Waals surface area contributed by atoms with E-state index in [1.807, 2.05) is 0 Å². The number of sulfonamides is 1. The Kier molecular flexibility index (Phi) is 4.02. The van der Waals surface area contributed by atoms with Crippen molar-refractivity contribution in [1.82, 2.24) is 19.4 Å². The van der Waals surface area contributed by atoms with Gasteiger partial charge in [-0.2, -0.15) is 4.31 Å². The summed E-state index contributed by atoms with van der Waals surface area (Å²) in [4.78, 5) is 7.51. The summed E-state index contributed by atoms with van der Waals surface area (Å²) in [6.45, 7) is 3.61. The maximum absolute atomic E-state index is 12.8. The van der Waals surface area contributed by atoms with Crippen LogP contribution < -0.4 is 4.74 Å². The van der Waals surface area contributed by atoms with Crippen LogP contribution in [0.15, 0.2) is 21.8 Å². The highest BCUT2D eigenvalue weighted by molar-refractivity contribution is 7.89. The van der Waals surface area contributed by atoms with Gasteiger partial charge in [0.1, 0.15) is 16.7 Å². The van der Waals surface area contributed by atoms with Gasteiger partial charge in [0.15, 0.2) is 11.6 Å². The molecule has 2 aromatic rings. The molecule has 3 heterocycles. The number of aromatic nitrogens is 3. The molecule has 0 amide bonds. The van der Waals surface area contributed by atoms with E-state index in [-0.39, 0.29) is 23.2 Å². The summed E-state index contributed by atoms with van der Waals surface area (Å²) in [6, 6.07) is 0.0213. The molecule has 0 bridgehead atoms. The lowest BCUT2D eigenvalue weighted by atomic mass is 10.3. The lowest BCUT2D eigenvalue weighted by molar-refractivity contribution is 0.197. The van der Waals surface area contributed by atoms with Crippen LogP contribution in [0.4, 0.5) is 4.39 Å². The molecule has 1 atom stereocenters. The zero-order valence-electron chi connectivity index (χ0n) is 12.6. The van der Waals surface area contributed by atoms with E-state index in [9.17, 15) is 12.8 Å². The van der Waals surface area contributed by atoms with Gasteiger partial charge in [0.2, 0.25) is 10.0 Å². The van der Waals surface area contributed by atoms with Gasteiger partial charge in [0.05, 0.1) is 18.9 Å². The van der Waals surface area contributed by atoms with Crippen LogP contribution in [-0.4, -0.2) is 47.0 Å². The third-order valence-electron chi connectivity index (χ3n) is 3.54. The zero-order chi connectivity index (χ0) is 16.6. The van der Waals surface area contributed by atoms with Crippen molar-refractivity contribution in [3.05, 3.63) is 29.7 Å². The molecule has 0 N–H and O–H groups in total. The van der Waals surface area contributed by atoms with Crippen LogP contribution in [0.5, 0.6) is 6.01 Å². The van der Waals surface area contributed by atoms with Crippen LogP contribution in [0, 0.1) is 19.7 Å². The molecule has 1 aliphatic heterocycles. The molecule has 0 radical (unpaired) electrons. The van der Waals surface area contributed by atoms with Gasteiger partial charge in [0, 0.05) is 6.54 Å². The summed E-state index contributed by atoms with van der Waals surface area (Å²) in [5, 5.41) is 3.68. The van der Waals surface area contributed by atoms with Crippen LogP contribution >= 0.6 is 0 Å². The zero-order valence-corrected chi connectivity index (χ0v) is 13.4. The normalized spacial score (nSPS) is 19.2. The molecule has 23 heavy (non-hydrogen) atoms. The highest BCUT2D eigenvalue weighted by Crippen LogP contribution is 2.27. The van der Waals surface area contributed by atoms with Gasteiger partial charge in [-0.15, -0.1) is 0 Å². The summed E-state index contributed by atoms with van der Waals surface area (Å²) in [5.74, 6) is -0.305. The van der Waals surface area contributed by atoms with Crippen molar-refractivity contribution in [3.8, 4) is 6.01 Å². The van der Waals surface area contributed by atoms with Gasteiger partial charge in [-0.1, -0.05) is 5.16 Å². The first-order chi connectivity index (χ1) is 10.9. The molecule has 10 heteroatoms. The van der Waals surface area contributed by atoms with E-state index >= 15 is 0 Å². The second kappa shape index (κ2) is 5.85. The fourth-order valence-electron chi connectivity index (χ4n) is 2.49. The Morgan fingerprint density at radius 2 is 2.04 bits per heavy atom. The summed E-state index contributed by atoms with van der Waals surface area (Å²) >= 11 is 0. The number of halogens is 1. The van der Waals surface area contributed by atoms with Gasteiger partial charge >= 0.3 is 6.01 Å². The Labute approximate surface area is 132 Å². The van der Waals surface area contributed by atoms with Gasteiger partial charge in [-0.3, -0.25) is 0 Å². The molecule has 2 aromatic heterocycles. The number of hydrogen-bond donors (Lipinski definition) is 0. The third kappa shape index (κ3) is 3.04. The van der Waals surface area contributed by atoms with E-state index in [1.54, 1.807) is 13.8 Å². The Balaban J connectivity index is 1.73. The van der Waals surface area contributed by atoms with Crippen molar-refractivity contribution in [1.29, 1.82) is 0 Å². The SMILES string of the molecule is Cc1noc(C)c1S(=O)(=O)N1CC[C@@H](Oc2ncc(F)cn2)C1. The molecule has 8 nitrogen and oxygen atoms in total. The average molecular weight is 342 g/mol. The third-order valence-corrected chi connectivity index (χ3v) is 5.65. The molecule has 0 aromatic carbocycles. The average Bonchev–Trinajstić information content (AvgIpc) is 3.09. The fraction of sp³-hybridized carbons (Fsp3) is 0.462. The van der Waals surface area contributed by atoms with Crippen molar-refractivity contribution >= 4 is 10.0 Å². The van der Waals surface area contributed by atoms with E-state index in [1.165, 1.54) is 4.31 Å². The van der Waals surface area contributed by atoms with Gasteiger partial charge in [-0.25, -0.2) is 22.8 Å². The van der Waals surface area contributed by atoms with Gasteiger partial charge < -0.3 is 9.26 Å². The summed E-state index contributed by atoms with van der Waals surface area (Å²) in [6.07, 6.45) is 2.09. The predicted octanol–water partition coefficient (Wildman–Crippen LogP) is 1.06. The topological polar surface area (TPSA) is 98.4 Å². The fourth-order valence-corrected chi connectivity index (χ4v) is 4.27. The molecule has 0 spiro atoms. The van der Waals surface area contributed by atoms with Crippen LogP contribution in [-0.2, 0) is 10.0 Å². The minimum absolute atomic E-state index is 0.0213. The van der Waals surface area contributed by atoms with E-state index in [0.29, 0.717) is 18.7 Å². The first-order valence-corrected chi connectivity index (χ1v) is 8.39. The van der Waals surface area contributed by atoms with Gasteiger partial charge in [-0.05, 0) is 20.3 Å². The first kappa shape index (κ1) is 15.8. The van der Waals surface area contributed by atoms with E-state index in [2.05, 4.69) is 15.1 Å². The molecular weight excluding hydrogens is 327 g/mol. The molecule has 1 saturated heterocycles. The Bertz CT molecular complexity index is 786. The molecule has 0 unspecified atom stereocenters.